The standard InChI is InChI=1S/C25H28ClN5O5/c1-2-36-23(33)14-28-13-21(30-27)17-4-3-5-18(10-17)25(35)31-15-20(32)11-22(31)24(34)29-12-16-6-8-19(26)9-7-16/h3-10,13,20,22,32H,2,11-12,14-15,27H2,1H3,(H,29,34)/b28-13?,30-21+/t20-,22+/m1/s1. The molecule has 0 saturated carbocycles. The first-order valence-corrected chi connectivity index (χ1v) is 11.7. The van der Waals surface area contributed by atoms with Crippen molar-refractivity contribution in [1.82, 2.24) is 10.2 Å². The van der Waals surface area contributed by atoms with Crippen LogP contribution in [-0.4, -0.2) is 71.6 Å². The number of carbonyl (C=O) groups excluding carboxylic acids is 3. The summed E-state index contributed by atoms with van der Waals surface area (Å²) in [5, 5.41) is 17.3. The summed E-state index contributed by atoms with van der Waals surface area (Å²) in [6, 6.07) is 12.7. The molecular weight excluding hydrogens is 486 g/mol. The van der Waals surface area contributed by atoms with E-state index in [1.54, 1.807) is 55.5 Å². The highest BCUT2D eigenvalue weighted by atomic mass is 35.5. The van der Waals surface area contributed by atoms with Gasteiger partial charge in [-0.2, -0.15) is 5.10 Å². The fourth-order valence-electron chi connectivity index (χ4n) is 3.77. The van der Waals surface area contributed by atoms with Crippen LogP contribution in [0, 0.1) is 0 Å². The van der Waals surface area contributed by atoms with Gasteiger partial charge in [0.2, 0.25) is 5.91 Å². The number of esters is 1. The third-order valence-electron chi connectivity index (χ3n) is 5.51. The van der Waals surface area contributed by atoms with Crippen LogP contribution in [0.15, 0.2) is 58.6 Å². The van der Waals surface area contributed by atoms with E-state index < -0.39 is 24.0 Å². The van der Waals surface area contributed by atoms with Gasteiger partial charge in [0.15, 0.2) is 0 Å². The first-order chi connectivity index (χ1) is 17.3. The van der Waals surface area contributed by atoms with E-state index in [4.69, 9.17) is 22.2 Å². The molecule has 4 N–H and O–H groups in total. The zero-order valence-electron chi connectivity index (χ0n) is 19.8. The minimum absolute atomic E-state index is 0.0287. The van der Waals surface area contributed by atoms with Crippen molar-refractivity contribution >= 4 is 41.3 Å². The molecule has 0 bridgehead atoms. The molecule has 0 aliphatic carbocycles. The summed E-state index contributed by atoms with van der Waals surface area (Å²) in [5.74, 6) is 4.23. The van der Waals surface area contributed by atoms with Gasteiger partial charge in [-0.1, -0.05) is 35.9 Å². The summed E-state index contributed by atoms with van der Waals surface area (Å²) in [7, 11) is 0. The lowest BCUT2D eigenvalue weighted by molar-refractivity contribution is -0.141. The van der Waals surface area contributed by atoms with Gasteiger partial charge >= 0.3 is 5.97 Å². The van der Waals surface area contributed by atoms with Crippen molar-refractivity contribution in [2.45, 2.75) is 32.0 Å². The number of rotatable bonds is 9. The molecule has 0 spiro atoms. The fourth-order valence-corrected chi connectivity index (χ4v) is 3.90. The second-order valence-corrected chi connectivity index (χ2v) is 8.51. The van der Waals surface area contributed by atoms with Crippen LogP contribution in [0.25, 0.3) is 0 Å². The van der Waals surface area contributed by atoms with E-state index in [0.717, 1.165) is 5.56 Å². The van der Waals surface area contributed by atoms with E-state index in [1.165, 1.54) is 11.1 Å². The normalized spacial score (nSPS) is 17.9. The molecule has 0 aromatic heterocycles. The Morgan fingerprint density at radius 3 is 2.64 bits per heavy atom. The van der Waals surface area contributed by atoms with Crippen molar-refractivity contribution in [3.05, 3.63) is 70.2 Å². The van der Waals surface area contributed by atoms with Gasteiger partial charge in [0.25, 0.3) is 5.91 Å². The van der Waals surface area contributed by atoms with Crippen molar-refractivity contribution in [2.75, 3.05) is 19.7 Å². The third-order valence-corrected chi connectivity index (χ3v) is 5.76. The summed E-state index contributed by atoms with van der Waals surface area (Å²) in [6.07, 6.45) is 0.640. The van der Waals surface area contributed by atoms with Crippen LogP contribution in [0.3, 0.4) is 0 Å². The van der Waals surface area contributed by atoms with E-state index in [9.17, 15) is 19.5 Å². The Balaban J connectivity index is 1.70. The number of aliphatic hydroxyl groups is 1. The maximum Gasteiger partial charge on any atom is 0.327 e. The zero-order chi connectivity index (χ0) is 26.1. The number of aliphatic imine (C=N–C) groups is 1. The SMILES string of the molecule is CCOC(=O)CN=C/C(=N\N)c1cccc(C(=O)N2C[C@H](O)C[C@H]2C(=O)NCc2ccc(Cl)cc2)c1. The molecule has 36 heavy (non-hydrogen) atoms. The average molecular weight is 514 g/mol. The molecule has 11 heteroatoms. The summed E-state index contributed by atoms with van der Waals surface area (Å²) < 4.78 is 4.82. The average Bonchev–Trinajstić information content (AvgIpc) is 3.27. The van der Waals surface area contributed by atoms with Crippen LogP contribution in [-0.2, 0) is 20.9 Å². The molecule has 1 fully saturated rings. The molecule has 1 heterocycles. The first kappa shape index (κ1) is 26.8. The van der Waals surface area contributed by atoms with Crippen LogP contribution in [0.5, 0.6) is 0 Å². The summed E-state index contributed by atoms with van der Waals surface area (Å²) in [5.41, 5.74) is 1.90. The van der Waals surface area contributed by atoms with Gasteiger partial charge in [0.1, 0.15) is 18.3 Å². The highest BCUT2D eigenvalue weighted by Gasteiger charge is 2.39. The van der Waals surface area contributed by atoms with Gasteiger partial charge in [0, 0.05) is 35.7 Å². The largest absolute Gasteiger partial charge is 0.465 e. The molecule has 2 amide bonds. The molecule has 2 atom stereocenters. The monoisotopic (exact) mass is 513 g/mol. The highest BCUT2D eigenvalue weighted by Crippen LogP contribution is 2.22. The Morgan fingerprint density at radius 1 is 1.22 bits per heavy atom. The number of carbonyl (C=O) groups is 3. The third kappa shape index (κ3) is 7.12. The second-order valence-electron chi connectivity index (χ2n) is 8.08. The zero-order valence-corrected chi connectivity index (χ0v) is 20.5. The van der Waals surface area contributed by atoms with Gasteiger partial charge in [0.05, 0.1) is 18.9 Å². The molecule has 2 aromatic carbocycles. The summed E-state index contributed by atoms with van der Waals surface area (Å²) in [4.78, 5) is 43.0. The van der Waals surface area contributed by atoms with Crippen LogP contribution in [0.2, 0.25) is 5.02 Å². The Bertz CT molecular complexity index is 1150. The summed E-state index contributed by atoms with van der Waals surface area (Å²) >= 11 is 5.90. The molecule has 0 radical (unpaired) electrons. The summed E-state index contributed by atoms with van der Waals surface area (Å²) in [6.45, 7) is 2.05. The lowest BCUT2D eigenvalue weighted by Gasteiger charge is -2.24. The van der Waals surface area contributed by atoms with E-state index in [0.29, 0.717) is 10.6 Å². The maximum absolute atomic E-state index is 13.3. The molecule has 2 aromatic rings. The van der Waals surface area contributed by atoms with Crippen molar-refractivity contribution in [3.8, 4) is 0 Å². The molecule has 0 unspecified atom stereocenters. The number of amides is 2. The first-order valence-electron chi connectivity index (χ1n) is 11.4. The Kier molecular flexibility index (Phi) is 9.54. The van der Waals surface area contributed by atoms with E-state index in [2.05, 4.69) is 15.4 Å². The molecule has 1 aliphatic rings. The molecule has 1 saturated heterocycles. The predicted octanol–water partition coefficient (Wildman–Crippen LogP) is 1.53. The molecular formula is C25H28ClN5O5. The van der Waals surface area contributed by atoms with Crippen LogP contribution < -0.4 is 11.2 Å². The number of aliphatic hydroxyl groups excluding tert-OH is 1. The molecule has 10 nitrogen and oxygen atoms in total. The number of hydrazone groups is 1. The van der Waals surface area contributed by atoms with Crippen LogP contribution in [0.1, 0.15) is 34.8 Å². The number of hydrogen-bond donors (Lipinski definition) is 3. The van der Waals surface area contributed by atoms with E-state index in [1.807, 2.05) is 0 Å². The lowest BCUT2D eigenvalue weighted by atomic mass is 10.1. The fraction of sp³-hybridized carbons (Fsp3) is 0.320. The van der Waals surface area contributed by atoms with E-state index in [-0.39, 0.29) is 49.8 Å². The lowest BCUT2D eigenvalue weighted by Crippen LogP contribution is -2.45. The van der Waals surface area contributed by atoms with Gasteiger partial charge in [-0.15, -0.1) is 0 Å². The quantitative estimate of drug-likeness (QED) is 0.200. The molecule has 3 rings (SSSR count). The maximum atomic E-state index is 13.3. The number of nitrogens with one attached hydrogen (secondary N) is 1. The van der Waals surface area contributed by atoms with E-state index >= 15 is 0 Å². The van der Waals surface area contributed by atoms with Gasteiger partial charge in [-0.05, 0) is 36.8 Å². The van der Waals surface area contributed by atoms with Crippen molar-refractivity contribution in [3.63, 3.8) is 0 Å². The minimum Gasteiger partial charge on any atom is -0.465 e. The number of halogens is 1. The topological polar surface area (TPSA) is 147 Å². The Hall–Kier alpha value is -3.76. The van der Waals surface area contributed by atoms with Gasteiger partial charge < -0.3 is 25.9 Å². The number of likely N-dealkylation sites (tertiary alicyclic amines) is 1. The Morgan fingerprint density at radius 2 is 1.94 bits per heavy atom. The molecule has 1 aliphatic heterocycles. The van der Waals surface area contributed by atoms with Crippen LogP contribution in [0.4, 0.5) is 0 Å². The number of nitrogens with zero attached hydrogens (tertiary/aromatic N) is 3. The van der Waals surface area contributed by atoms with Gasteiger partial charge in [-0.25, -0.2) is 0 Å². The van der Waals surface area contributed by atoms with Gasteiger partial charge in [-0.3, -0.25) is 19.4 Å². The Labute approximate surface area is 213 Å². The smallest absolute Gasteiger partial charge is 0.327 e. The number of nitrogens with two attached hydrogens (primary N) is 1. The predicted molar refractivity (Wildman–Crippen MR) is 136 cm³/mol. The van der Waals surface area contributed by atoms with Crippen molar-refractivity contribution < 1.29 is 24.2 Å². The number of hydrogen-bond acceptors (Lipinski definition) is 8. The second kappa shape index (κ2) is 12.8. The van der Waals surface area contributed by atoms with Crippen molar-refractivity contribution in [1.29, 1.82) is 0 Å². The number of ether oxygens (including phenoxy) is 1. The highest BCUT2D eigenvalue weighted by molar-refractivity contribution is 6.38. The number of β-amino-alcohol motifs (C(OH)–C–C–N with tert-alkyl or cyclic N) is 1. The molecule has 190 valence electrons. The number of benzene rings is 2. The van der Waals surface area contributed by atoms with Crippen molar-refractivity contribution in [2.24, 2.45) is 15.9 Å². The van der Waals surface area contributed by atoms with Crippen LogP contribution >= 0.6 is 11.6 Å². The minimum atomic E-state index is -0.822.